The van der Waals surface area contributed by atoms with Crippen LogP contribution in [0.1, 0.15) is 17.0 Å². The number of aromatic nitrogens is 3. The van der Waals surface area contributed by atoms with Gasteiger partial charge in [-0.2, -0.15) is 8.78 Å². The van der Waals surface area contributed by atoms with Gasteiger partial charge in [-0.1, -0.05) is 11.9 Å². The normalized spacial score (nSPS) is 11.0. The Morgan fingerprint density at radius 3 is 2.64 bits per heavy atom. The van der Waals surface area contributed by atoms with Crippen LogP contribution in [0, 0.1) is 0 Å². The molecule has 0 amide bonds. The first-order chi connectivity index (χ1) is 13.1. The first-order valence-corrected chi connectivity index (χ1v) is 9.05. The summed E-state index contributed by atoms with van der Waals surface area (Å²) in [4.78, 5) is 13.2. The van der Waals surface area contributed by atoms with Gasteiger partial charge in [0.05, 0.1) is 13.2 Å². The van der Waals surface area contributed by atoms with Gasteiger partial charge in [0.15, 0.2) is 0 Å². The molecule has 0 aliphatic rings. The fraction of sp³-hybridized carbons (Fsp3) is 0.333. The number of alkyl halides is 2. The van der Waals surface area contributed by atoms with Crippen LogP contribution in [0.15, 0.2) is 35.5 Å². The van der Waals surface area contributed by atoms with E-state index >= 15 is 0 Å². The summed E-state index contributed by atoms with van der Waals surface area (Å²) in [7, 11) is 3.27. The van der Waals surface area contributed by atoms with E-state index in [1.165, 1.54) is 23.9 Å². The van der Waals surface area contributed by atoms with Crippen molar-refractivity contribution in [3.63, 3.8) is 0 Å². The zero-order valence-corrected chi connectivity index (χ0v) is 18.6. The van der Waals surface area contributed by atoms with Gasteiger partial charge in [-0.3, -0.25) is 0 Å². The van der Waals surface area contributed by atoms with E-state index < -0.39 is 6.61 Å². The molecule has 3 rings (SSSR count). The number of fused-ring (bicyclic) bond motifs is 1. The third kappa shape index (κ3) is 5.88. The number of halogens is 2. The van der Waals surface area contributed by atoms with Crippen LogP contribution in [0.5, 0.6) is 5.75 Å². The van der Waals surface area contributed by atoms with Crippen LogP contribution in [-0.2, 0) is 28.4 Å². The van der Waals surface area contributed by atoms with E-state index in [-0.39, 0.29) is 35.3 Å². The summed E-state index contributed by atoms with van der Waals surface area (Å²) < 4.78 is 39.6. The molecule has 0 unspecified atom stereocenters. The SMILES string of the molecule is COCc1ccnc(SCc2nc3cc(OC(F)F)ccc3[n-]2)c1COC.[Na+]. The molecule has 0 atom stereocenters. The Morgan fingerprint density at radius 2 is 1.93 bits per heavy atom. The van der Waals surface area contributed by atoms with Crippen LogP contribution in [0.25, 0.3) is 11.0 Å². The van der Waals surface area contributed by atoms with Crippen molar-refractivity contribution in [2.45, 2.75) is 30.6 Å². The molecule has 0 saturated carbocycles. The number of methoxy groups -OCH3 is 2. The summed E-state index contributed by atoms with van der Waals surface area (Å²) in [6.07, 6.45) is 1.73. The predicted molar refractivity (Wildman–Crippen MR) is 96.9 cm³/mol. The van der Waals surface area contributed by atoms with Crippen molar-refractivity contribution >= 4 is 22.8 Å². The molecule has 2 heterocycles. The van der Waals surface area contributed by atoms with E-state index in [0.717, 1.165) is 16.2 Å². The molecule has 0 spiro atoms. The number of imidazole rings is 1. The molecule has 0 saturated heterocycles. The molecule has 10 heteroatoms. The monoisotopic (exact) mass is 417 g/mol. The number of nitrogens with zero attached hydrogens (tertiary/aromatic N) is 3. The Balaban J connectivity index is 0.00000280. The molecule has 1 aromatic carbocycles. The third-order valence-corrected chi connectivity index (χ3v) is 4.74. The molecular weight excluding hydrogens is 399 g/mol. The summed E-state index contributed by atoms with van der Waals surface area (Å²) in [5.74, 6) is 1.14. The summed E-state index contributed by atoms with van der Waals surface area (Å²) in [5, 5.41) is 0.821. The zero-order chi connectivity index (χ0) is 19.2. The molecule has 0 radical (unpaired) electrons. The summed E-state index contributed by atoms with van der Waals surface area (Å²) in [6.45, 7) is -1.98. The average molecular weight is 417 g/mol. The predicted octanol–water partition coefficient (Wildman–Crippen LogP) is 0.777. The Morgan fingerprint density at radius 1 is 1.14 bits per heavy atom. The number of hydrogen-bond donors (Lipinski definition) is 0. The van der Waals surface area contributed by atoms with Crippen molar-refractivity contribution in [1.82, 2.24) is 15.0 Å². The number of hydrogen-bond acceptors (Lipinski definition) is 6. The van der Waals surface area contributed by atoms with Crippen molar-refractivity contribution < 1.29 is 52.5 Å². The van der Waals surface area contributed by atoms with Crippen molar-refractivity contribution in [3.8, 4) is 5.75 Å². The summed E-state index contributed by atoms with van der Waals surface area (Å²) >= 11 is 1.49. The molecule has 6 nitrogen and oxygen atoms in total. The van der Waals surface area contributed by atoms with Gasteiger partial charge in [0.1, 0.15) is 10.8 Å². The largest absolute Gasteiger partial charge is 1.00 e. The van der Waals surface area contributed by atoms with Crippen LogP contribution in [0.3, 0.4) is 0 Å². The van der Waals surface area contributed by atoms with Crippen LogP contribution in [0.4, 0.5) is 8.78 Å². The second kappa shape index (κ2) is 11.1. The van der Waals surface area contributed by atoms with Crippen LogP contribution in [0.2, 0.25) is 0 Å². The minimum Gasteiger partial charge on any atom is -0.439 e. The molecule has 3 aromatic rings. The van der Waals surface area contributed by atoms with Gasteiger partial charge in [0, 0.05) is 31.7 Å². The Bertz CT molecular complexity index is 911. The standard InChI is InChI=1S/C18H18F2N3O3S.Na/c1-24-8-11-5-6-21-17(13(11)9-25-2)27-10-16-22-14-4-3-12(26-18(19)20)7-15(14)23-16;/h3-7,18H,8-10H2,1-2H3;/q-1;+1. The molecule has 28 heavy (non-hydrogen) atoms. The Labute approximate surface area is 187 Å². The molecular formula is C18H18F2N3NaO3S. The van der Waals surface area contributed by atoms with E-state index in [2.05, 4.69) is 19.7 Å². The second-order valence-corrected chi connectivity index (χ2v) is 6.54. The van der Waals surface area contributed by atoms with Crippen LogP contribution < -0.4 is 39.3 Å². The molecule has 0 aliphatic heterocycles. The molecule has 0 N–H and O–H groups in total. The van der Waals surface area contributed by atoms with Crippen LogP contribution >= 0.6 is 11.8 Å². The van der Waals surface area contributed by atoms with E-state index in [9.17, 15) is 8.78 Å². The first kappa shape index (κ1) is 23.1. The van der Waals surface area contributed by atoms with Crippen molar-refractivity contribution in [2.24, 2.45) is 0 Å². The third-order valence-electron chi connectivity index (χ3n) is 3.71. The fourth-order valence-corrected chi connectivity index (χ4v) is 3.48. The molecule has 144 valence electrons. The van der Waals surface area contributed by atoms with Gasteiger partial charge in [0.25, 0.3) is 0 Å². The second-order valence-electron chi connectivity index (χ2n) is 5.58. The van der Waals surface area contributed by atoms with Gasteiger partial charge < -0.3 is 24.2 Å². The average Bonchev–Trinajstić information content (AvgIpc) is 3.04. The van der Waals surface area contributed by atoms with E-state index in [1.807, 2.05) is 6.07 Å². The van der Waals surface area contributed by atoms with E-state index in [4.69, 9.17) is 9.47 Å². The molecule has 0 bridgehead atoms. The summed E-state index contributed by atoms with van der Waals surface area (Å²) in [6, 6.07) is 6.42. The van der Waals surface area contributed by atoms with Gasteiger partial charge in [-0.15, -0.1) is 11.8 Å². The van der Waals surface area contributed by atoms with Gasteiger partial charge in [0.2, 0.25) is 0 Å². The maximum atomic E-state index is 12.3. The Kier molecular flexibility index (Phi) is 9.13. The first-order valence-electron chi connectivity index (χ1n) is 8.06. The zero-order valence-electron chi connectivity index (χ0n) is 15.8. The minimum absolute atomic E-state index is 0. The van der Waals surface area contributed by atoms with Crippen LogP contribution in [-0.4, -0.2) is 30.8 Å². The molecule has 2 aromatic heterocycles. The molecule has 0 aliphatic carbocycles. The number of ether oxygens (including phenoxy) is 3. The number of benzene rings is 1. The molecule has 0 fully saturated rings. The topological polar surface area (TPSA) is 67.6 Å². The van der Waals surface area contributed by atoms with Gasteiger partial charge in [-0.05, 0) is 34.8 Å². The smallest absolute Gasteiger partial charge is 0.439 e. The van der Waals surface area contributed by atoms with E-state index in [0.29, 0.717) is 35.8 Å². The van der Waals surface area contributed by atoms with Crippen molar-refractivity contribution in [3.05, 3.63) is 47.4 Å². The minimum atomic E-state index is -2.87. The van der Waals surface area contributed by atoms with Gasteiger partial charge >= 0.3 is 36.2 Å². The number of rotatable bonds is 9. The van der Waals surface area contributed by atoms with Crippen molar-refractivity contribution in [2.75, 3.05) is 14.2 Å². The Hall–Kier alpha value is -1.23. The maximum Gasteiger partial charge on any atom is 1.00 e. The number of thioether (sulfide) groups is 1. The van der Waals surface area contributed by atoms with E-state index in [1.54, 1.807) is 26.5 Å². The van der Waals surface area contributed by atoms with Gasteiger partial charge in [-0.25, -0.2) is 4.98 Å². The fourth-order valence-electron chi connectivity index (χ4n) is 2.59. The number of pyridine rings is 1. The maximum absolute atomic E-state index is 12.3. The quantitative estimate of drug-likeness (QED) is 0.377. The van der Waals surface area contributed by atoms with Crippen molar-refractivity contribution in [1.29, 1.82) is 0 Å². The summed E-state index contributed by atoms with van der Waals surface area (Å²) in [5.41, 5.74) is 3.13.